The summed E-state index contributed by atoms with van der Waals surface area (Å²) in [5, 5.41) is 12.4. The van der Waals surface area contributed by atoms with Crippen LogP contribution in [0, 0.1) is 17.2 Å². The van der Waals surface area contributed by atoms with Crippen LogP contribution in [0.15, 0.2) is 103 Å². The highest BCUT2D eigenvalue weighted by molar-refractivity contribution is 6.34. The smallest absolute Gasteiger partial charge is 0.238 e. The van der Waals surface area contributed by atoms with Crippen molar-refractivity contribution < 1.29 is 19.1 Å². The summed E-state index contributed by atoms with van der Waals surface area (Å²) < 4.78 is 5.65. The van der Waals surface area contributed by atoms with Gasteiger partial charge in [0.1, 0.15) is 23.3 Å². The van der Waals surface area contributed by atoms with Crippen LogP contribution in [-0.4, -0.2) is 35.0 Å². The van der Waals surface area contributed by atoms with Crippen LogP contribution in [0.4, 0.5) is 5.69 Å². The number of nitrogens with zero attached hydrogens (tertiary/aromatic N) is 2. The second-order valence-corrected chi connectivity index (χ2v) is 11.1. The van der Waals surface area contributed by atoms with Crippen LogP contribution in [0.5, 0.6) is 5.75 Å². The van der Waals surface area contributed by atoms with E-state index in [4.69, 9.17) is 21.6 Å². The predicted molar refractivity (Wildman–Crippen MR) is 162 cm³/mol. The Hall–Kier alpha value is -5.19. The van der Waals surface area contributed by atoms with Gasteiger partial charge in [0.05, 0.1) is 22.5 Å². The first kappa shape index (κ1) is 26.7. The number of para-hydroxylation sites is 2. The predicted octanol–water partition coefficient (Wildman–Crippen LogP) is 6.22. The van der Waals surface area contributed by atoms with Crippen LogP contribution in [0.3, 0.4) is 0 Å². The van der Waals surface area contributed by atoms with Crippen LogP contribution in [0.2, 0.25) is 5.02 Å². The molecule has 8 heteroatoms. The fourth-order valence-corrected chi connectivity index (χ4v) is 7.29. The normalized spacial score (nSPS) is 22.7. The molecule has 0 bridgehead atoms. The zero-order valence-corrected chi connectivity index (χ0v) is 23.5. The summed E-state index contributed by atoms with van der Waals surface area (Å²) in [6, 6.07) is 28.6. The van der Waals surface area contributed by atoms with Crippen LogP contribution in [0.25, 0.3) is 6.08 Å². The molecule has 0 unspecified atom stereocenters. The molecule has 1 fully saturated rings. The maximum atomic E-state index is 14.9. The highest BCUT2D eigenvalue weighted by atomic mass is 35.5. The van der Waals surface area contributed by atoms with Gasteiger partial charge in [0, 0.05) is 17.5 Å². The largest absolute Gasteiger partial charge is 0.478 e. The quantitative estimate of drug-likeness (QED) is 0.270. The van der Waals surface area contributed by atoms with Crippen molar-refractivity contribution in [3.63, 3.8) is 0 Å². The summed E-state index contributed by atoms with van der Waals surface area (Å²) in [6.45, 7) is -0.254. The monoisotopic (exact) mass is 585 g/mol. The van der Waals surface area contributed by atoms with E-state index < -0.39 is 35.0 Å². The van der Waals surface area contributed by atoms with Gasteiger partial charge in [0.2, 0.25) is 5.91 Å². The maximum absolute atomic E-state index is 14.9. The number of carbonyl (C=O) groups excluding carboxylic acids is 3. The lowest BCUT2D eigenvalue weighted by Gasteiger charge is -2.38. The molecular weight excluding hydrogens is 562 g/mol. The number of rotatable bonds is 6. The van der Waals surface area contributed by atoms with Gasteiger partial charge in [0.15, 0.2) is 18.2 Å². The van der Waals surface area contributed by atoms with Crippen LogP contribution in [-0.2, 0) is 10.2 Å². The molecular formula is C35H24ClN3O4. The number of benzene rings is 4. The number of hydrogen-bond donors (Lipinski definition) is 1. The first-order valence-electron chi connectivity index (χ1n) is 13.9. The zero-order valence-electron chi connectivity index (χ0n) is 22.7. The maximum Gasteiger partial charge on any atom is 0.238 e. The number of halogens is 1. The van der Waals surface area contributed by atoms with E-state index >= 15 is 0 Å². The molecule has 1 spiro atoms. The Bertz CT molecular complexity index is 1900. The Labute approximate surface area is 253 Å². The fourth-order valence-electron chi connectivity index (χ4n) is 7.06. The Morgan fingerprint density at radius 1 is 0.907 bits per heavy atom. The molecule has 3 aliphatic rings. The van der Waals surface area contributed by atoms with Gasteiger partial charge < -0.3 is 15.0 Å². The first-order valence-corrected chi connectivity index (χ1v) is 14.2. The highest BCUT2D eigenvalue weighted by Gasteiger charge is 2.71. The van der Waals surface area contributed by atoms with Crippen molar-refractivity contribution in [3.05, 3.63) is 136 Å². The summed E-state index contributed by atoms with van der Waals surface area (Å²) >= 11 is 6.61. The average Bonchev–Trinajstić information content (AvgIpc) is 3.52. The van der Waals surface area contributed by atoms with Gasteiger partial charge in [-0.2, -0.15) is 5.26 Å². The lowest BCUT2D eigenvalue weighted by Crippen LogP contribution is -2.49. The molecule has 4 aromatic rings. The van der Waals surface area contributed by atoms with Crippen molar-refractivity contribution in [2.75, 3.05) is 11.9 Å². The van der Waals surface area contributed by atoms with Crippen LogP contribution < -0.4 is 10.1 Å². The van der Waals surface area contributed by atoms with Gasteiger partial charge in [-0.25, -0.2) is 0 Å². The number of nitriles is 1. The van der Waals surface area contributed by atoms with Crippen molar-refractivity contribution in [3.8, 4) is 11.8 Å². The molecule has 4 atom stereocenters. The van der Waals surface area contributed by atoms with Crippen molar-refractivity contribution in [1.29, 1.82) is 5.26 Å². The molecule has 7 nitrogen and oxygen atoms in total. The van der Waals surface area contributed by atoms with E-state index in [1.165, 1.54) is 0 Å². The van der Waals surface area contributed by atoms with E-state index in [-0.39, 0.29) is 34.4 Å². The Kier molecular flexibility index (Phi) is 6.37. The van der Waals surface area contributed by atoms with Gasteiger partial charge >= 0.3 is 0 Å². The molecule has 4 aromatic carbocycles. The number of carbonyl (C=O) groups is 3. The first-order chi connectivity index (χ1) is 21.0. The van der Waals surface area contributed by atoms with Gasteiger partial charge in [-0.3, -0.25) is 14.4 Å². The minimum Gasteiger partial charge on any atom is -0.478 e. The summed E-state index contributed by atoms with van der Waals surface area (Å²) in [5.41, 5.74) is 1.95. The third-order valence-corrected chi connectivity index (χ3v) is 9.04. The van der Waals surface area contributed by atoms with Crippen molar-refractivity contribution in [1.82, 2.24) is 4.90 Å². The van der Waals surface area contributed by atoms with E-state index in [1.54, 1.807) is 48.5 Å². The molecule has 1 saturated heterocycles. The van der Waals surface area contributed by atoms with E-state index in [2.05, 4.69) is 5.32 Å². The Morgan fingerprint density at radius 3 is 2.42 bits per heavy atom. The van der Waals surface area contributed by atoms with E-state index in [9.17, 15) is 14.4 Å². The van der Waals surface area contributed by atoms with Crippen LogP contribution in [0.1, 0.15) is 43.4 Å². The number of amides is 1. The van der Waals surface area contributed by atoms with Crippen molar-refractivity contribution in [2.45, 2.75) is 17.5 Å². The molecule has 3 aliphatic heterocycles. The molecule has 0 radical (unpaired) electrons. The minimum atomic E-state index is -1.48. The molecule has 1 N–H and O–H groups in total. The number of Topliss-reactive ketones (excluding diaryl/α,β-unsaturated/α-hetero) is 2. The Balaban J connectivity index is 1.53. The zero-order chi connectivity index (χ0) is 29.7. The molecule has 43 heavy (non-hydrogen) atoms. The molecule has 1 amide bonds. The number of anilines is 1. The van der Waals surface area contributed by atoms with Crippen molar-refractivity contribution >= 4 is 40.8 Å². The number of nitrogens with one attached hydrogen (secondary N) is 1. The summed E-state index contributed by atoms with van der Waals surface area (Å²) in [5.74, 6) is -2.11. The topological polar surface area (TPSA) is 99.5 Å². The van der Waals surface area contributed by atoms with Crippen molar-refractivity contribution in [2.24, 2.45) is 5.92 Å². The van der Waals surface area contributed by atoms with Gasteiger partial charge in [-0.1, -0.05) is 78.3 Å². The van der Waals surface area contributed by atoms with E-state index in [1.807, 2.05) is 71.8 Å². The molecule has 7 rings (SSSR count). The molecule has 0 saturated carbocycles. The third kappa shape index (κ3) is 3.84. The fraction of sp³-hybridized carbons (Fsp3) is 0.143. The van der Waals surface area contributed by atoms with Gasteiger partial charge in [-0.15, -0.1) is 0 Å². The minimum absolute atomic E-state index is 0.217. The lowest BCUT2D eigenvalue weighted by molar-refractivity contribution is -0.122. The van der Waals surface area contributed by atoms with E-state index in [0.29, 0.717) is 11.3 Å². The lowest BCUT2D eigenvalue weighted by atomic mass is 9.62. The molecule has 210 valence electrons. The summed E-state index contributed by atoms with van der Waals surface area (Å²) in [6.07, 6.45) is 3.71. The number of ketones is 2. The second kappa shape index (κ2) is 10.3. The molecule has 0 aliphatic carbocycles. The number of fused-ring (bicyclic) bond motifs is 6. The summed E-state index contributed by atoms with van der Waals surface area (Å²) in [4.78, 5) is 46.1. The number of hydrogen-bond acceptors (Lipinski definition) is 6. The summed E-state index contributed by atoms with van der Waals surface area (Å²) in [7, 11) is 0. The van der Waals surface area contributed by atoms with Crippen LogP contribution >= 0.6 is 11.6 Å². The second-order valence-electron chi connectivity index (χ2n) is 10.7. The van der Waals surface area contributed by atoms with E-state index in [0.717, 1.165) is 11.1 Å². The average molecular weight is 586 g/mol. The van der Waals surface area contributed by atoms with Gasteiger partial charge in [-0.05, 0) is 53.1 Å². The Morgan fingerprint density at radius 2 is 1.60 bits per heavy atom. The molecule has 3 heterocycles. The standard InChI is InChI=1S/C35H24ClN3O4/c36-26-14-6-3-11-23(26)31(40)29-30(32(41)24-12-4-8-16-28(24)43-20-18-37)39-19-17-21-9-1-2-10-22(21)33(39)35(29)25-13-5-7-15-27(25)38-34(35)42/h1-17,19,29-30,33H,20H2,(H,38,42)/t29-,30+,33-,35+/m1/s1. The van der Waals surface area contributed by atoms with Gasteiger partial charge in [0.25, 0.3) is 0 Å². The SMILES string of the molecule is N#CCOc1ccccc1C(=O)[C@@H]1[C@H](C(=O)c2ccccc2Cl)[C@]2(C(=O)Nc3ccccc32)[C@H]2c3ccccc3C=CN12. The third-order valence-electron chi connectivity index (χ3n) is 8.71. The highest BCUT2D eigenvalue weighted by Crippen LogP contribution is 2.62. The number of ether oxygens (including phenoxy) is 1. The molecule has 0 aromatic heterocycles.